The topological polar surface area (TPSA) is 85.8 Å². The molecule has 0 bridgehead atoms. The van der Waals surface area contributed by atoms with E-state index in [9.17, 15) is 4.79 Å². The number of amides is 1. The number of hydrogen-bond acceptors (Lipinski definition) is 4. The lowest BCUT2D eigenvalue weighted by atomic mass is 9.94. The molecular weight excluding hydrogens is 338 g/mol. The summed E-state index contributed by atoms with van der Waals surface area (Å²) in [5.41, 5.74) is 10.1. The quantitative estimate of drug-likeness (QED) is 0.705. The van der Waals surface area contributed by atoms with Gasteiger partial charge in [-0.25, -0.2) is 9.67 Å². The standard InChI is InChI=1S/C21H25N5O/c1-14-11-15(2)26(25-14)19-10-9-17(12-23-19)13-24-21(27)16(3)20(22)18-7-5-4-6-8-18/h4-12,16,20H,13,22H2,1-3H3,(H,24,27). The number of carbonyl (C=O) groups excluding carboxylic acids is 1. The van der Waals surface area contributed by atoms with Crippen LogP contribution in [0.4, 0.5) is 0 Å². The van der Waals surface area contributed by atoms with E-state index in [1.54, 1.807) is 10.9 Å². The van der Waals surface area contributed by atoms with Crippen LogP contribution in [0.3, 0.4) is 0 Å². The molecule has 0 aliphatic carbocycles. The molecule has 1 amide bonds. The van der Waals surface area contributed by atoms with Crippen LogP contribution in [0.25, 0.3) is 5.82 Å². The molecule has 0 aliphatic rings. The van der Waals surface area contributed by atoms with Crippen LogP contribution >= 0.6 is 0 Å². The van der Waals surface area contributed by atoms with Crippen molar-refractivity contribution in [2.45, 2.75) is 33.4 Å². The zero-order chi connectivity index (χ0) is 19.4. The Morgan fingerprint density at radius 1 is 1.19 bits per heavy atom. The molecule has 2 unspecified atom stereocenters. The van der Waals surface area contributed by atoms with Gasteiger partial charge >= 0.3 is 0 Å². The number of hydrogen-bond donors (Lipinski definition) is 2. The van der Waals surface area contributed by atoms with E-state index in [1.807, 2.05) is 69.3 Å². The molecule has 0 aliphatic heterocycles. The van der Waals surface area contributed by atoms with Gasteiger partial charge in [-0.05, 0) is 37.1 Å². The number of carbonyl (C=O) groups is 1. The van der Waals surface area contributed by atoms with E-state index in [1.165, 1.54) is 0 Å². The predicted molar refractivity (Wildman–Crippen MR) is 105 cm³/mol. The molecule has 2 heterocycles. The maximum absolute atomic E-state index is 12.4. The molecule has 0 saturated carbocycles. The third kappa shape index (κ3) is 4.41. The fourth-order valence-corrected chi connectivity index (χ4v) is 2.98. The van der Waals surface area contributed by atoms with E-state index < -0.39 is 0 Å². The number of nitrogens with zero attached hydrogens (tertiary/aromatic N) is 3. The first-order chi connectivity index (χ1) is 13.0. The lowest BCUT2D eigenvalue weighted by Gasteiger charge is -2.19. The zero-order valence-corrected chi connectivity index (χ0v) is 15.9. The van der Waals surface area contributed by atoms with Gasteiger partial charge in [0.1, 0.15) is 0 Å². The van der Waals surface area contributed by atoms with Crippen molar-refractivity contribution in [3.63, 3.8) is 0 Å². The minimum atomic E-state index is -0.335. The summed E-state index contributed by atoms with van der Waals surface area (Å²) in [6, 6.07) is 15.2. The largest absolute Gasteiger partial charge is 0.352 e. The van der Waals surface area contributed by atoms with Gasteiger partial charge in [0, 0.05) is 24.5 Å². The third-order valence-corrected chi connectivity index (χ3v) is 4.64. The van der Waals surface area contributed by atoms with Crippen molar-refractivity contribution in [1.29, 1.82) is 0 Å². The van der Waals surface area contributed by atoms with Crippen molar-refractivity contribution in [3.8, 4) is 5.82 Å². The highest BCUT2D eigenvalue weighted by Crippen LogP contribution is 2.19. The van der Waals surface area contributed by atoms with E-state index in [0.717, 1.165) is 28.3 Å². The number of pyridine rings is 1. The van der Waals surface area contributed by atoms with E-state index in [0.29, 0.717) is 6.54 Å². The minimum absolute atomic E-state index is 0.0750. The van der Waals surface area contributed by atoms with Crippen LogP contribution < -0.4 is 11.1 Å². The number of benzene rings is 1. The van der Waals surface area contributed by atoms with E-state index in [2.05, 4.69) is 15.4 Å². The number of nitrogens with two attached hydrogens (primary N) is 1. The Morgan fingerprint density at radius 2 is 1.93 bits per heavy atom. The van der Waals surface area contributed by atoms with Crippen LogP contribution in [0.1, 0.15) is 35.5 Å². The van der Waals surface area contributed by atoms with Crippen molar-refractivity contribution in [1.82, 2.24) is 20.1 Å². The minimum Gasteiger partial charge on any atom is -0.352 e. The Morgan fingerprint density at radius 3 is 2.52 bits per heavy atom. The highest BCUT2D eigenvalue weighted by Gasteiger charge is 2.21. The molecule has 6 heteroatoms. The number of nitrogens with one attached hydrogen (secondary N) is 1. The molecule has 27 heavy (non-hydrogen) atoms. The van der Waals surface area contributed by atoms with Crippen molar-refractivity contribution < 1.29 is 4.79 Å². The van der Waals surface area contributed by atoms with E-state index in [-0.39, 0.29) is 17.9 Å². The molecule has 0 saturated heterocycles. The Labute approximate surface area is 159 Å². The summed E-state index contributed by atoms with van der Waals surface area (Å²) in [5, 5.41) is 7.37. The van der Waals surface area contributed by atoms with Crippen molar-refractivity contribution in [2.24, 2.45) is 11.7 Å². The average molecular weight is 363 g/mol. The summed E-state index contributed by atoms with van der Waals surface area (Å²) in [6.07, 6.45) is 1.76. The summed E-state index contributed by atoms with van der Waals surface area (Å²) in [7, 11) is 0. The molecule has 1 aromatic carbocycles. The summed E-state index contributed by atoms with van der Waals surface area (Å²) in [4.78, 5) is 16.9. The first-order valence-corrected chi connectivity index (χ1v) is 9.02. The van der Waals surface area contributed by atoms with Gasteiger partial charge in [-0.3, -0.25) is 4.79 Å². The maximum atomic E-state index is 12.4. The second-order valence-electron chi connectivity index (χ2n) is 6.81. The van der Waals surface area contributed by atoms with E-state index >= 15 is 0 Å². The van der Waals surface area contributed by atoms with E-state index in [4.69, 9.17) is 5.73 Å². The highest BCUT2D eigenvalue weighted by atomic mass is 16.1. The van der Waals surface area contributed by atoms with Crippen LogP contribution in [0.15, 0.2) is 54.7 Å². The normalized spacial score (nSPS) is 13.2. The van der Waals surface area contributed by atoms with Gasteiger partial charge in [0.05, 0.1) is 11.6 Å². The predicted octanol–water partition coefficient (Wildman–Crippen LogP) is 2.84. The van der Waals surface area contributed by atoms with Gasteiger partial charge in [-0.2, -0.15) is 5.10 Å². The summed E-state index contributed by atoms with van der Waals surface area (Å²) in [6.45, 7) is 6.20. The van der Waals surface area contributed by atoms with Gasteiger partial charge in [0.25, 0.3) is 0 Å². The Balaban J connectivity index is 1.59. The molecule has 3 N–H and O–H groups in total. The molecule has 6 nitrogen and oxygen atoms in total. The number of rotatable bonds is 6. The summed E-state index contributed by atoms with van der Waals surface area (Å²) in [5.74, 6) is 0.360. The fourth-order valence-electron chi connectivity index (χ4n) is 2.98. The van der Waals surface area contributed by atoms with Crippen LogP contribution in [0.2, 0.25) is 0 Å². The zero-order valence-electron chi connectivity index (χ0n) is 15.9. The lowest BCUT2D eigenvalue weighted by molar-refractivity contribution is -0.125. The highest BCUT2D eigenvalue weighted by molar-refractivity contribution is 5.79. The first kappa shape index (κ1) is 18.8. The van der Waals surface area contributed by atoms with Crippen LogP contribution in [-0.2, 0) is 11.3 Å². The molecule has 3 aromatic rings. The molecule has 0 fully saturated rings. The molecule has 0 spiro atoms. The molecule has 3 rings (SSSR count). The van der Waals surface area contributed by atoms with Crippen molar-refractivity contribution in [3.05, 3.63) is 77.2 Å². The summed E-state index contributed by atoms with van der Waals surface area (Å²) < 4.78 is 1.80. The van der Waals surface area contributed by atoms with Crippen molar-refractivity contribution >= 4 is 5.91 Å². The molecule has 140 valence electrons. The molecule has 2 aromatic heterocycles. The average Bonchev–Trinajstić information content (AvgIpc) is 3.04. The van der Waals surface area contributed by atoms with Gasteiger partial charge in [-0.1, -0.05) is 43.3 Å². The lowest BCUT2D eigenvalue weighted by Crippen LogP contribution is -2.35. The Hall–Kier alpha value is -2.99. The van der Waals surface area contributed by atoms with Crippen molar-refractivity contribution in [2.75, 3.05) is 0 Å². The van der Waals surface area contributed by atoms with Crippen LogP contribution in [-0.4, -0.2) is 20.7 Å². The Bertz CT molecular complexity index is 902. The summed E-state index contributed by atoms with van der Waals surface area (Å²) >= 11 is 0. The molecular formula is C21H25N5O. The van der Waals surface area contributed by atoms with Gasteiger partial charge < -0.3 is 11.1 Å². The monoisotopic (exact) mass is 363 g/mol. The van der Waals surface area contributed by atoms with Gasteiger partial charge in [0.2, 0.25) is 5.91 Å². The number of aromatic nitrogens is 3. The smallest absolute Gasteiger partial charge is 0.225 e. The number of aryl methyl sites for hydroxylation is 2. The first-order valence-electron chi connectivity index (χ1n) is 9.02. The maximum Gasteiger partial charge on any atom is 0.225 e. The second-order valence-corrected chi connectivity index (χ2v) is 6.81. The van der Waals surface area contributed by atoms with Gasteiger partial charge in [-0.15, -0.1) is 0 Å². The Kier molecular flexibility index (Phi) is 5.66. The fraction of sp³-hybridized carbons (Fsp3) is 0.286. The van der Waals surface area contributed by atoms with Crippen LogP contribution in [0.5, 0.6) is 0 Å². The second kappa shape index (κ2) is 8.14. The molecule has 2 atom stereocenters. The SMILES string of the molecule is Cc1cc(C)n(-c2ccc(CNC(=O)C(C)C(N)c3ccccc3)cn2)n1. The molecule has 0 radical (unpaired) electrons. The van der Waals surface area contributed by atoms with Gasteiger partial charge in [0.15, 0.2) is 5.82 Å². The third-order valence-electron chi connectivity index (χ3n) is 4.64. The van der Waals surface area contributed by atoms with Crippen LogP contribution in [0, 0.1) is 19.8 Å².